The molecular formula is C17H16F2N4OS. The summed E-state index contributed by atoms with van der Waals surface area (Å²) >= 11 is 1.60. The molecule has 2 heterocycles. The maximum absolute atomic E-state index is 13.4. The van der Waals surface area contributed by atoms with Crippen LogP contribution in [0.1, 0.15) is 25.7 Å². The molecule has 1 aliphatic carbocycles. The Morgan fingerprint density at radius 2 is 1.92 bits per heavy atom. The molecule has 1 aromatic carbocycles. The van der Waals surface area contributed by atoms with Crippen LogP contribution in [0.5, 0.6) is 0 Å². The second-order valence-corrected chi connectivity index (χ2v) is 7.20. The van der Waals surface area contributed by atoms with Gasteiger partial charge in [-0.3, -0.25) is 13.8 Å². The van der Waals surface area contributed by atoms with Crippen LogP contribution in [0.4, 0.5) is 8.78 Å². The molecule has 0 amide bonds. The molecule has 130 valence electrons. The van der Waals surface area contributed by atoms with Crippen LogP contribution < -0.4 is 5.56 Å². The largest absolute Gasteiger partial charge is 0.300 e. The number of hydrogen-bond donors (Lipinski definition) is 0. The summed E-state index contributed by atoms with van der Waals surface area (Å²) in [4.78, 5) is 12.6. The molecule has 0 aliphatic heterocycles. The Kier molecular flexibility index (Phi) is 4.29. The van der Waals surface area contributed by atoms with Crippen molar-refractivity contribution in [2.45, 2.75) is 30.8 Å². The highest BCUT2D eigenvalue weighted by molar-refractivity contribution is 7.99. The Morgan fingerprint density at radius 1 is 1.12 bits per heavy atom. The first-order valence-corrected chi connectivity index (χ1v) is 9.16. The van der Waals surface area contributed by atoms with E-state index in [-0.39, 0.29) is 11.3 Å². The van der Waals surface area contributed by atoms with Crippen LogP contribution in [0.2, 0.25) is 0 Å². The lowest BCUT2D eigenvalue weighted by Gasteiger charge is -2.08. The Hall–Kier alpha value is -2.22. The van der Waals surface area contributed by atoms with Crippen molar-refractivity contribution in [2.75, 3.05) is 5.75 Å². The Morgan fingerprint density at radius 3 is 2.68 bits per heavy atom. The highest BCUT2D eigenvalue weighted by atomic mass is 32.2. The quantitative estimate of drug-likeness (QED) is 0.667. The minimum atomic E-state index is -1.00. The number of hydrogen-bond acceptors (Lipinski definition) is 4. The van der Waals surface area contributed by atoms with Gasteiger partial charge in [0.15, 0.2) is 16.8 Å². The number of rotatable bonds is 4. The van der Waals surface area contributed by atoms with Gasteiger partial charge in [0.05, 0.1) is 5.69 Å². The summed E-state index contributed by atoms with van der Waals surface area (Å²) in [5.74, 6) is -0.294. The summed E-state index contributed by atoms with van der Waals surface area (Å²) in [6, 6.07) is 3.33. The second kappa shape index (κ2) is 6.59. The molecule has 1 fully saturated rings. The number of halogens is 2. The van der Waals surface area contributed by atoms with Gasteiger partial charge in [0.25, 0.3) is 0 Å². The van der Waals surface area contributed by atoms with E-state index in [9.17, 15) is 13.6 Å². The van der Waals surface area contributed by atoms with E-state index in [1.165, 1.54) is 42.5 Å². The fourth-order valence-corrected chi connectivity index (χ4v) is 4.28. The number of fused-ring (bicyclic) bond motifs is 1. The van der Waals surface area contributed by atoms with Crippen molar-refractivity contribution < 1.29 is 8.78 Å². The molecule has 4 rings (SSSR count). The maximum Gasteiger partial charge on any atom is 0.300 e. The predicted octanol–water partition coefficient (Wildman–Crippen LogP) is 3.44. The fourth-order valence-electron chi connectivity index (χ4n) is 3.17. The first kappa shape index (κ1) is 16.3. The van der Waals surface area contributed by atoms with Crippen molar-refractivity contribution in [3.05, 3.63) is 52.6 Å². The molecule has 1 aliphatic rings. The molecule has 0 saturated heterocycles. The molecule has 0 unspecified atom stereocenters. The van der Waals surface area contributed by atoms with Gasteiger partial charge in [-0.15, -0.1) is 10.2 Å². The van der Waals surface area contributed by atoms with E-state index in [1.54, 1.807) is 22.4 Å². The zero-order valence-electron chi connectivity index (χ0n) is 13.4. The molecule has 0 spiro atoms. The molecule has 8 heteroatoms. The van der Waals surface area contributed by atoms with E-state index < -0.39 is 17.2 Å². The smallest absolute Gasteiger partial charge is 0.279 e. The van der Waals surface area contributed by atoms with E-state index >= 15 is 0 Å². The summed E-state index contributed by atoms with van der Waals surface area (Å²) in [6.07, 6.45) is 8.24. The van der Waals surface area contributed by atoms with Crippen molar-refractivity contribution in [3.8, 4) is 5.69 Å². The van der Waals surface area contributed by atoms with Crippen LogP contribution in [0.3, 0.4) is 0 Å². The summed E-state index contributed by atoms with van der Waals surface area (Å²) in [7, 11) is 0. The van der Waals surface area contributed by atoms with Gasteiger partial charge < -0.3 is 0 Å². The van der Waals surface area contributed by atoms with Crippen LogP contribution in [-0.2, 0) is 0 Å². The lowest BCUT2D eigenvalue weighted by atomic mass is 10.1. The Bertz CT molecular complexity index is 978. The molecule has 2 aromatic heterocycles. The van der Waals surface area contributed by atoms with E-state index in [4.69, 9.17) is 0 Å². The van der Waals surface area contributed by atoms with E-state index in [0.29, 0.717) is 11.1 Å². The Balaban J connectivity index is 1.66. The van der Waals surface area contributed by atoms with Crippen molar-refractivity contribution in [3.63, 3.8) is 0 Å². The zero-order chi connectivity index (χ0) is 17.4. The molecule has 1 saturated carbocycles. The molecule has 0 N–H and O–H groups in total. The van der Waals surface area contributed by atoms with E-state index in [2.05, 4.69) is 10.2 Å². The molecule has 25 heavy (non-hydrogen) atoms. The van der Waals surface area contributed by atoms with Crippen molar-refractivity contribution >= 4 is 17.4 Å². The third kappa shape index (κ3) is 3.06. The Labute approximate surface area is 146 Å². The minimum Gasteiger partial charge on any atom is -0.279 e. The topological polar surface area (TPSA) is 52.2 Å². The van der Waals surface area contributed by atoms with Gasteiger partial charge in [0, 0.05) is 24.2 Å². The normalized spacial score (nSPS) is 15.3. The maximum atomic E-state index is 13.4. The number of nitrogens with zero attached hydrogens (tertiary/aromatic N) is 4. The highest BCUT2D eigenvalue weighted by Crippen LogP contribution is 2.30. The summed E-state index contributed by atoms with van der Waals surface area (Å²) in [5.41, 5.74) is -0.00978. The van der Waals surface area contributed by atoms with Crippen LogP contribution in [0, 0.1) is 17.6 Å². The van der Waals surface area contributed by atoms with Crippen molar-refractivity contribution in [1.82, 2.24) is 19.2 Å². The van der Waals surface area contributed by atoms with Crippen LogP contribution >= 0.6 is 11.8 Å². The van der Waals surface area contributed by atoms with Gasteiger partial charge in [-0.05, 0) is 30.9 Å². The fraction of sp³-hybridized carbons (Fsp3) is 0.353. The lowest BCUT2D eigenvalue weighted by molar-refractivity contribution is 0.508. The van der Waals surface area contributed by atoms with Gasteiger partial charge in [-0.1, -0.05) is 24.6 Å². The molecule has 0 bridgehead atoms. The standard InChI is InChI=1S/C17H16F2N4OS/c18-13-6-5-12(9-14(13)19)22-7-8-23-15(16(22)24)20-21-17(23)25-10-11-3-1-2-4-11/h5-9,11H,1-4,10H2. The molecule has 0 radical (unpaired) electrons. The second-order valence-electron chi connectivity index (χ2n) is 6.21. The third-order valence-electron chi connectivity index (χ3n) is 4.54. The van der Waals surface area contributed by atoms with E-state index in [0.717, 1.165) is 17.9 Å². The highest BCUT2D eigenvalue weighted by Gasteiger charge is 2.18. The molecule has 5 nitrogen and oxygen atoms in total. The lowest BCUT2D eigenvalue weighted by Crippen LogP contribution is -2.20. The van der Waals surface area contributed by atoms with Gasteiger partial charge >= 0.3 is 5.56 Å². The van der Waals surface area contributed by atoms with Crippen LogP contribution in [-0.4, -0.2) is 24.9 Å². The van der Waals surface area contributed by atoms with Gasteiger partial charge in [0.2, 0.25) is 5.65 Å². The van der Waals surface area contributed by atoms with Crippen LogP contribution in [0.15, 0.2) is 40.5 Å². The van der Waals surface area contributed by atoms with Crippen molar-refractivity contribution in [1.29, 1.82) is 0 Å². The average molecular weight is 362 g/mol. The zero-order valence-corrected chi connectivity index (χ0v) is 14.2. The minimum absolute atomic E-state index is 0.168. The predicted molar refractivity (Wildman–Crippen MR) is 91.2 cm³/mol. The summed E-state index contributed by atoms with van der Waals surface area (Å²) < 4.78 is 29.4. The van der Waals surface area contributed by atoms with Crippen LogP contribution in [0.25, 0.3) is 11.3 Å². The first-order valence-electron chi connectivity index (χ1n) is 8.18. The third-order valence-corrected chi connectivity index (χ3v) is 5.72. The molecule has 3 aromatic rings. The number of thioether (sulfide) groups is 1. The number of benzene rings is 1. The first-order chi connectivity index (χ1) is 12.1. The molecular weight excluding hydrogens is 346 g/mol. The average Bonchev–Trinajstić information content (AvgIpc) is 3.26. The SMILES string of the molecule is O=c1c2nnc(SCC3CCCC3)n2ccn1-c1ccc(F)c(F)c1. The van der Waals surface area contributed by atoms with E-state index in [1.807, 2.05) is 0 Å². The van der Waals surface area contributed by atoms with Gasteiger partial charge in [0.1, 0.15) is 0 Å². The molecule has 0 atom stereocenters. The summed E-state index contributed by atoms with van der Waals surface area (Å²) in [5, 5.41) is 8.77. The summed E-state index contributed by atoms with van der Waals surface area (Å²) in [6.45, 7) is 0. The van der Waals surface area contributed by atoms with Crippen molar-refractivity contribution in [2.24, 2.45) is 5.92 Å². The van der Waals surface area contributed by atoms with Gasteiger partial charge in [-0.2, -0.15) is 0 Å². The number of aromatic nitrogens is 4. The monoisotopic (exact) mass is 362 g/mol. The van der Waals surface area contributed by atoms with Gasteiger partial charge in [-0.25, -0.2) is 8.78 Å².